The van der Waals surface area contributed by atoms with Crippen LogP contribution in [0.5, 0.6) is 0 Å². The van der Waals surface area contributed by atoms with Gasteiger partial charge in [-0.2, -0.15) is 0 Å². The summed E-state index contributed by atoms with van der Waals surface area (Å²) < 4.78 is 31.9. The average Bonchev–Trinajstić information content (AvgIpc) is 3.21. The lowest BCUT2D eigenvalue weighted by Gasteiger charge is -2.22. The van der Waals surface area contributed by atoms with E-state index in [0.717, 1.165) is 13.0 Å². The molecule has 0 spiro atoms. The van der Waals surface area contributed by atoms with Crippen LogP contribution in [0.4, 0.5) is 11.4 Å². The summed E-state index contributed by atoms with van der Waals surface area (Å²) in [5.41, 5.74) is 7.18. The molecule has 1 saturated heterocycles. The van der Waals surface area contributed by atoms with Crippen molar-refractivity contribution in [3.05, 3.63) is 18.2 Å². The third-order valence-electron chi connectivity index (χ3n) is 4.17. The number of nitrogens with two attached hydrogens (primary N) is 1. The van der Waals surface area contributed by atoms with Crippen LogP contribution in [0, 0.1) is 5.92 Å². The molecule has 1 aromatic rings. The van der Waals surface area contributed by atoms with Crippen LogP contribution in [0.3, 0.4) is 0 Å². The molecule has 0 aromatic heterocycles. The van der Waals surface area contributed by atoms with Crippen molar-refractivity contribution >= 4 is 21.4 Å². The smallest absolute Gasteiger partial charge is 0.240 e. The number of rotatable bonds is 5. The van der Waals surface area contributed by atoms with E-state index in [2.05, 4.69) is 10.0 Å². The first-order valence-electron chi connectivity index (χ1n) is 7.22. The molecule has 1 aliphatic carbocycles. The fourth-order valence-corrected chi connectivity index (χ4v) is 3.56. The molecule has 6 nitrogen and oxygen atoms in total. The van der Waals surface area contributed by atoms with E-state index in [1.807, 2.05) is 0 Å². The quantitative estimate of drug-likeness (QED) is 0.709. The Hall–Kier alpha value is -1.31. The van der Waals surface area contributed by atoms with E-state index in [1.165, 1.54) is 26.0 Å². The molecule has 4 N–H and O–H groups in total. The zero-order valence-corrected chi connectivity index (χ0v) is 12.8. The first kappa shape index (κ1) is 14.6. The molecule has 1 heterocycles. The monoisotopic (exact) mass is 311 g/mol. The highest BCUT2D eigenvalue weighted by Gasteiger charge is 2.40. The molecule has 1 saturated carbocycles. The number of benzene rings is 1. The van der Waals surface area contributed by atoms with Crippen molar-refractivity contribution in [1.29, 1.82) is 0 Å². The summed E-state index contributed by atoms with van der Waals surface area (Å²) in [6, 6.07) is 4.92. The van der Waals surface area contributed by atoms with E-state index in [1.54, 1.807) is 12.1 Å². The Balaban J connectivity index is 1.82. The maximum Gasteiger partial charge on any atom is 0.240 e. The lowest BCUT2D eigenvalue weighted by Crippen LogP contribution is -2.31. The van der Waals surface area contributed by atoms with Gasteiger partial charge in [0.2, 0.25) is 10.0 Å². The fraction of sp³-hybridized carbons (Fsp3) is 0.571. The van der Waals surface area contributed by atoms with Crippen LogP contribution in [-0.4, -0.2) is 34.2 Å². The van der Waals surface area contributed by atoms with Crippen molar-refractivity contribution in [2.45, 2.75) is 36.3 Å². The van der Waals surface area contributed by atoms with Crippen LogP contribution >= 0.6 is 0 Å². The summed E-state index contributed by atoms with van der Waals surface area (Å²) >= 11 is 0. The van der Waals surface area contributed by atoms with Crippen molar-refractivity contribution in [1.82, 2.24) is 4.72 Å². The van der Waals surface area contributed by atoms with Gasteiger partial charge in [-0.3, -0.25) is 0 Å². The molecule has 2 fully saturated rings. The Morgan fingerprint density at radius 3 is 2.71 bits per heavy atom. The van der Waals surface area contributed by atoms with E-state index in [0.29, 0.717) is 17.3 Å². The SMILES string of the molecule is CNS(=O)(=O)c1ccc(N)c(NC2CCOC2C2CC2)c1. The number of nitrogen functional groups attached to an aromatic ring is 1. The Morgan fingerprint density at radius 2 is 2.05 bits per heavy atom. The second-order valence-electron chi connectivity index (χ2n) is 5.67. The van der Waals surface area contributed by atoms with E-state index in [9.17, 15) is 8.42 Å². The summed E-state index contributed by atoms with van der Waals surface area (Å²) in [5, 5.41) is 3.37. The Morgan fingerprint density at radius 1 is 1.29 bits per heavy atom. The second kappa shape index (κ2) is 5.47. The van der Waals surface area contributed by atoms with Gasteiger partial charge in [-0.15, -0.1) is 0 Å². The molecule has 21 heavy (non-hydrogen) atoms. The van der Waals surface area contributed by atoms with Gasteiger partial charge in [-0.1, -0.05) is 0 Å². The van der Waals surface area contributed by atoms with Gasteiger partial charge in [0, 0.05) is 6.61 Å². The molecule has 0 bridgehead atoms. The van der Waals surface area contributed by atoms with Crippen LogP contribution in [0.2, 0.25) is 0 Å². The first-order valence-corrected chi connectivity index (χ1v) is 8.71. The van der Waals surface area contributed by atoms with Gasteiger partial charge in [0.15, 0.2) is 0 Å². The van der Waals surface area contributed by atoms with Crippen molar-refractivity contribution in [3.63, 3.8) is 0 Å². The van der Waals surface area contributed by atoms with E-state index in [4.69, 9.17) is 10.5 Å². The highest BCUT2D eigenvalue weighted by molar-refractivity contribution is 7.89. The zero-order valence-electron chi connectivity index (χ0n) is 12.0. The zero-order chi connectivity index (χ0) is 15.0. The Bertz CT molecular complexity index is 628. The van der Waals surface area contributed by atoms with Crippen molar-refractivity contribution in [2.75, 3.05) is 24.7 Å². The van der Waals surface area contributed by atoms with Crippen molar-refractivity contribution in [2.24, 2.45) is 5.92 Å². The summed E-state index contributed by atoms with van der Waals surface area (Å²) in [4.78, 5) is 0.212. The molecular weight excluding hydrogens is 290 g/mol. The minimum absolute atomic E-state index is 0.201. The van der Waals surface area contributed by atoms with Crippen molar-refractivity contribution < 1.29 is 13.2 Å². The third-order valence-corrected chi connectivity index (χ3v) is 5.58. The molecule has 1 aliphatic heterocycles. The van der Waals surface area contributed by atoms with Crippen LogP contribution in [0.25, 0.3) is 0 Å². The molecule has 2 aliphatic rings. The third kappa shape index (κ3) is 3.00. The molecular formula is C14H21N3O3S. The van der Waals surface area contributed by atoms with Crippen molar-refractivity contribution in [3.8, 4) is 0 Å². The Labute approximate surface area is 125 Å². The summed E-state index contributed by atoms with van der Waals surface area (Å²) in [6.45, 7) is 0.743. The minimum atomic E-state index is -3.47. The van der Waals surface area contributed by atoms with Gasteiger partial charge >= 0.3 is 0 Å². The van der Waals surface area contributed by atoms with Gasteiger partial charge in [0.05, 0.1) is 28.4 Å². The van der Waals surface area contributed by atoms with Gasteiger partial charge in [0.1, 0.15) is 0 Å². The topological polar surface area (TPSA) is 93.5 Å². The summed E-state index contributed by atoms with van der Waals surface area (Å²) in [6.07, 6.45) is 3.57. The standard InChI is InChI=1S/C14H21N3O3S/c1-16-21(18,19)10-4-5-11(15)13(8-10)17-12-6-7-20-14(12)9-2-3-9/h4-5,8-9,12,14,16-17H,2-3,6-7,15H2,1H3. The molecule has 7 heteroatoms. The molecule has 116 valence electrons. The van der Waals surface area contributed by atoms with Gasteiger partial charge < -0.3 is 15.8 Å². The van der Waals surface area contributed by atoms with E-state index < -0.39 is 10.0 Å². The largest absolute Gasteiger partial charge is 0.397 e. The number of hydrogen-bond donors (Lipinski definition) is 3. The molecule has 0 radical (unpaired) electrons. The molecule has 0 amide bonds. The lowest BCUT2D eigenvalue weighted by molar-refractivity contribution is 0.0898. The van der Waals surface area contributed by atoms with Gasteiger partial charge in [-0.05, 0) is 50.4 Å². The second-order valence-corrected chi connectivity index (χ2v) is 7.56. The van der Waals surface area contributed by atoms with E-state index >= 15 is 0 Å². The molecule has 3 rings (SSSR count). The number of hydrogen-bond acceptors (Lipinski definition) is 5. The normalized spacial score (nSPS) is 26.0. The van der Waals surface area contributed by atoms with Crippen LogP contribution in [0.15, 0.2) is 23.1 Å². The predicted molar refractivity (Wildman–Crippen MR) is 81.6 cm³/mol. The van der Waals surface area contributed by atoms with Gasteiger partial charge in [-0.25, -0.2) is 13.1 Å². The molecule has 2 unspecified atom stereocenters. The summed E-state index contributed by atoms with van der Waals surface area (Å²) in [5.74, 6) is 0.635. The Kier molecular flexibility index (Phi) is 3.81. The fourth-order valence-electron chi connectivity index (χ4n) is 2.80. The average molecular weight is 311 g/mol. The first-order chi connectivity index (χ1) is 10.0. The highest BCUT2D eigenvalue weighted by Crippen LogP contribution is 2.40. The lowest BCUT2D eigenvalue weighted by atomic mass is 10.1. The number of sulfonamides is 1. The maximum absolute atomic E-state index is 11.9. The van der Waals surface area contributed by atoms with Gasteiger partial charge in [0.25, 0.3) is 0 Å². The highest BCUT2D eigenvalue weighted by atomic mass is 32.2. The predicted octanol–water partition coefficient (Wildman–Crippen LogP) is 1.16. The van der Waals surface area contributed by atoms with E-state index in [-0.39, 0.29) is 17.0 Å². The minimum Gasteiger partial charge on any atom is -0.397 e. The molecule has 2 atom stereocenters. The maximum atomic E-state index is 11.9. The number of nitrogens with one attached hydrogen (secondary N) is 2. The number of ether oxygens (including phenoxy) is 1. The van der Waals surface area contributed by atoms with Crippen LogP contribution in [-0.2, 0) is 14.8 Å². The van der Waals surface area contributed by atoms with Crippen LogP contribution < -0.4 is 15.8 Å². The van der Waals surface area contributed by atoms with Crippen LogP contribution in [0.1, 0.15) is 19.3 Å². The number of anilines is 2. The summed E-state index contributed by atoms with van der Waals surface area (Å²) in [7, 11) is -2.07. The molecule has 1 aromatic carbocycles.